The molecule has 0 atom stereocenters. The summed E-state index contributed by atoms with van der Waals surface area (Å²) in [5.41, 5.74) is 0.548. The van der Waals surface area contributed by atoms with E-state index in [9.17, 15) is 18.0 Å². The lowest BCUT2D eigenvalue weighted by Gasteiger charge is -2.10. The van der Waals surface area contributed by atoms with Crippen molar-refractivity contribution in [2.75, 3.05) is 20.7 Å². The summed E-state index contributed by atoms with van der Waals surface area (Å²) in [6.07, 6.45) is 0. The number of rotatable bonds is 6. The Morgan fingerprint density at radius 2 is 1.93 bits per heavy atom. The summed E-state index contributed by atoms with van der Waals surface area (Å²) in [5.74, 6) is -0.870. The van der Waals surface area contributed by atoms with E-state index in [1.54, 1.807) is 13.0 Å². The van der Waals surface area contributed by atoms with Crippen LogP contribution < -0.4 is 5.76 Å². The summed E-state index contributed by atoms with van der Waals surface area (Å²) < 4.78 is 42.2. The van der Waals surface area contributed by atoms with E-state index in [0.29, 0.717) is 11.3 Å². The molecule has 0 fully saturated rings. The fourth-order valence-electron chi connectivity index (χ4n) is 2.50. The van der Waals surface area contributed by atoms with Crippen LogP contribution in [0.25, 0.3) is 11.1 Å². The van der Waals surface area contributed by atoms with Gasteiger partial charge in [0.25, 0.3) is 0 Å². The van der Waals surface area contributed by atoms with Gasteiger partial charge < -0.3 is 13.6 Å². The number of nitrogens with zero attached hydrogens (tertiary/aromatic N) is 2. The quantitative estimate of drug-likeness (QED) is 0.585. The lowest BCUT2D eigenvalue weighted by atomic mass is 10.3. The Kier molecular flexibility index (Phi) is 4.94. The first-order valence-electron chi connectivity index (χ1n) is 8.05. The van der Waals surface area contributed by atoms with E-state index in [0.717, 1.165) is 4.31 Å². The van der Waals surface area contributed by atoms with E-state index in [2.05, 4.69) is 0 Å². The summed E-state index contributed by atoms with van der Waals surface area (Å²) >= 11 is 0. The zero-order chi connectivity index (χ0) is 19.8. The Morgan fingerprint density at radius 1 is 1.19 bits per heavy atom. The molecule has 27 heavy (non-hydrogen) atoms. The predicted molar refractivity (Wildman–Crippen MR) is 95.1 cm³/mol. The normalized spacial score (nSPS) is 12.0. The molecule has 0 spiro atoms. The third-order valence-corrected chi connectivity index (χ3v) is 5.68. The summed E-state index contributed by atoms with van der Waals surface area (Å²) in [7, 11) is -0.819. The first kappa shape index (κ1) is 18.9. The minimum absolute atomic E-state index is 0.0171. The van der Waals surface area contributed by atoms with Crippen molar-refractivity contribution in [3.63, 3.8) is 0 Å². The fourth-order valence-corrected chi connectivity index (χ4v) is 3.42. The van der Waals surface area contributed by atoms with Crippen LogP contribution in [0.1, 0.15) is 23.2 Å². The predicted octanol–water partition coefficient (Wildman–Crippen LogP) is 1.66. The van der Waals surface area contributed by atoms with Crippen LogP contribution >= 0.6 is 0 Å². The Morgan fingerprint density at radius 3 is 2.59 bits per heavy atom. The number of esters is 1. The lowest BCUT2D eigenvalue weighted by molar-refractivity contribution is 0.0488. The Bertz CT molecular complexity index is 1150. The molecule has 10 heteroatoms. The molecule has 0 saturated carbocycles. The van der Waals surface area contributed by atoms with E-state index < -0.39 is 21.7 Å². The second-order valence-corrected chi connectivity index (χ2v) is 8.01. The third-order valence-electron chi connectivity index (χ3n) is 3.87. The molecule has 3 aromatic rings. The van der Waals surface area contributed by atoms with Crippen molar-refractivity contribution in [1.29, 1.82) is 0 Å². The Balaban J connectivity index is 1.96. The van der Waals surface area contributed by atoms with Crippen LogP contribution in [0.15, 0.2) is 48.9 Å². The Hall–Kier alpha value is -2.85. The van der Waals surface area contributed by atoms with Gasteiger partial charge in [-0.25, -0.2) is 22.3 Å². The number of fused-ring (bicyclic) bond motifs is 1. The molecule has 0 amide bonds. The van der Waals surface area contributed by atoms with E-state index in [1.165, 1.54) is 42.9 Å². The van der Waals surface area contributed by atoms with Crippen molar-refractivity contribution in [2.24, 2.45) is 0 Å². The number of carbonyl (C=O) groups excluding carboxylic acids is 1. The van der Waals surface area contributed by atoms with Crippen LogP contribution in [-0.4, -0.2) is 44.0 Å². The molecule has 144 valence electrons. The molecule has 9 nitrogen and oxygen atoms in total. The standard InChI is InChI=1S/C17H18N2O7S/c1-4-24-16(20)14-8-5-11(25-14)10-19-13-7-6-12(27(22,23)18(2)3)9-15(13)26-17(19)21/h5-9H,4,10H2,1-3H3. The molecular weight excluding hydrogens is 376 g/mol. The minimum Gasteiger partial charge on any atom is -0.460 e. The van der Waals surface area contributed by atoms with Crippen molar-refractivity contribution in [1.82, 2.24) is 8.87 Å². The second-order valence-electron chi connectivity index (χ2n) is 5.86. The van der Waals surface area contributed by atoms with Crippen molar-refractivity contribution in [2.45, 2.75) is 18.4 Å². The maximum Gasteiger partial charge on any atom is 0.420 e. The molecule has 0 aliphatic carbocycles. The van der Waals surface area contributed by atoms with Gasteiger partial charge >= 0.3 is 11.7 Å². The number of carbonyl (C=O) groups is 1. The average Bonchev–Trinajstić information content (AvgIpc) is 3.20. The SMILES string of the molecule is CCOC(=O)c1ccc(Cn2c(=O)oc3cc(S(=O)(=O)N(C)C)ccc32)o1. The summed E-state index contributed by atoms with van der Waals surface area (Å²) in [4.78, 5) is 23.9. The number of furan rings is 1. The summed E-state index contributed by atoms with van der Waals surface area (Å²) in [6.45, 7) is 1.92. The van der Waals surface area contributed by atoms with Crippen molar-refractivity contribution in [3.8, 4) is 0 Å². The van der Waals surface area contributed by atoms with Gasteiger partial charge in [-0.2, -0.15) is 0 Å². The van der Waals surface area contributed by atoms with Gasteiger partial charge in [0.2, 0.25) is 15.8 Å². The topological polar surface area (TPSA) is 112 Å². The molecule has 0 bridgehead atoms. The number of hydrogen-bond acceptors (Lipinski definition) is 7. The molecule has 1 aromatic carbocycles. The van der Waals surface area contributed by atoms with Gasteiger partial charge in [0.05, 0.1) is 23.6 Å². The number of aromatic nitrogens is 1. The molecule has 0 saturated heterocycles. The molecule has 0 unspecified atom stereocenters. The largest absolute Gasteiger partial charge is 0.460 e. The van der Waals surface area contributed by atoms with Crippen molar-refractivity contribution < 1.29 is 26.8 Å². The van der Waals surface area contributed by atoms with E-state index in [4.69, 9.17) is 13.6 Å². The molecule has 0 aliphatic heterocycles. The molecule has 2 aromatic heterocycles. The molecule has 0 aliphatic rings. The van der Waals surface area contributed by atoms with Gasteiger partial charge in [-0.15, -0.1) is 0 Å². The highest BCUT2D eigenvalue weighted by Crippen LogP contribution is 2.21. The van der Waals surface area contributed by atoms with E-state index in [1.807, 2.05) is 0 Å². The molecular formula is C17H18N2O7S. The van der Waals surface area contributed by atoms with Crippen LogP contribution in [0.5, 0.6) is 0 Å². The molecule has 0 N–H and O–H groups in total. The smallest absolute Gasteiger partial charge is 0.420 e. The number of ether oxygens (including phenoxy) is 1. The Labute approximate surface area is 154 Å². The van der Waals surface area contributed by atoms with Gasteiger partial charge in [0.15, 0.2) is 5.58 Å². The number of benzene rings is 1. The van der Waals surface area contributed by atoms with Crippen LogP contribution in [0, 0.1) is 0 Å². The van der Waals surface area contributed by atoms with Crippen LogP contribution in [0.2, 0.25) is 0 Å². The number of oxazole rings is 1. The second kappa shape index (κ2) is 7.05. The average molecular weight is 394 g/mol. The zero-order valence-electron chi connectivity index (χ0n) is 15.0. The van der Waals surface area contributed by atoms with Gasteiger partial charge in [-0.1, -0.05) is 0 Å². The lowest BCUT2D eigenvalue weighted by Crippen LogP contribution is -2.22. The first-order chi connectivity index (χ1) is 12.7. The third kappa shape index (κ3) is 3.53. The van der Waals surface area contributed by atoms with E-state index >= 15 is 0 Å². The summed E-state index contributed by atoms with van der Waals surface area (Å²) in [6, 6.07) is 7.21. The monoisotopic (exact) mass is 394 g/mol. The van der Waals surface area contributed by atoms with E-state index in [-0.39, 0.29) is 29.4 Å². The van der Waals surface area contributed by atoms with Gasteiger partial charge in [-0.3, -0.25) is 4.57 Å². The zero-order valence-corrected chi connectivity index (χ0v) is 15.8. The van der Waals surface area contributed by atoms with Crippen molar-refractivity contribution in [3.05, 3.63) is 52.4 Å². The molecule has 2 heterocycles. The van der Waals surface area contributed by atoms with Crippen LogP contribution in [-0.2, 0) is 21.3 Å². The molecule has 3 rings (SSSR count). The van der Waals surface area contributed by atoms with Gasteiger partial charge in [0, 0.05) is 20.2 Å². The first-order valence-corrected chi connectivity index (χ1v) is 9.49. The van der Waals surface area contributed by atoms with Crippen LogP contribution in [0.3, 0.4) is 0 Å². The minimum atomic E-state index is -3.65. The van der Waals surface area contributed by atoms with Crippen LogP contribution in [0.4, 0.5) is 0 Å². The summed E-state index contributed by atoms with van der Waals surface area (Å²) in [5, 5.41) is 0. The van der Waals surface area contributed by atoms with Gasteiger partial charge in [0.1, 0.15) is 5.76 Å². The fraction of sp³-hybridized carbons (Fsp3) is 0.294. The number of hydrogen-bond donors (Lipinski definition) is 0. The van der Waals surface area contributed by atoms with Gasteiger partial charge in [-0.05, 0) is 31.2 Å². The highest BCUT2D eigenvalue weighted by atomic mass is 32.2. The highest BCUT2D eigenvalue weighted by molar-refractivity contribution is 7.89. The highest BCUT2D eigenvalue weighted by Gasteiger charge is 2.20. The maximum atomic E-state index is 12.2. The van der Waals surface area contributed by atoms with Crippen molar-refractivity contribution >= 4 is 27.1 Å². The maximum absolute atomic E-state index is 12.2. The number of sulfonamides is 1. The molecule has 0 radical (unpaired) electrons.